The number of hydrogen-bond acceptors (Lipinski definition) is 3. The van der Waals surface area contributed by atoms with E-state index in [9.17, 15) is 4.79 Å². The van der Waals surface area contributed by atoms with E-state index in [2.05, 4.69) is 12.2 Å². The first-order valence-corrected chi connectivity index (χ1v) is 10.7. The van der Waals surface area contributed by atoms with Crippen LogP contribution in [0.2, 0.25) is 5.02 Å². The van der Waals surface area contributed by atoms with Crippen molar-refractivity contribution in [2.45, 2.75) is 40.2 Å². The monoisotopic (exact) mass is 432 g/mol. The highest BCUT2D eigenvalue weighted by Gasteiger charge is 2.18. The summed E-state index contributed by atoms with van der Waals surface area (Å²) in [6.07, 6.45) is 1.02. The number of benzene rings is 2. The topological polar surface area (TPSA) is 59.8 Å². The fourth-order valence-corrected chi connectivity index (χ4v) is 4.19. The van der Waals surface area contributed by atoms with Crippen LogP contribution in [-0.4, -0.2) is 20.7 Å². The molecule has 0 aliphatic heterocycles. The van der Waals surface area contributed by atoms with Crippen LogP contribution >= 0.6 is 11.6 Å². The molecule has 2 aromatic heterocycles. The lowest BCUT2D eigenvalue weighted by atomic mass is 9.99. The third-order valence-corrected chi connectivity index (χ3v) is 5.98. The van der Waals surface area contributed by atoms with E-state index in [4.69, 9.17) is 21.7 Å². The summed E-state index contributed by atoms with van der Waals surface area (Å²) in [5.41, 5.74) is 6.87. The van der Waals surface area contributed by atoms with Gasteiger partial charge in [0.1, 0.15) is 0 Å². The van der Waals surface area contributed by atoms with Crippen molar-refractivity contribution < 1.29 is 4.79 Å². The summed E-state index contributed by atoms with van der Waals surface area (Å²) >= 11 is 6.17. The molecule has 0 radical (unpaired) electrons. The van der Waals surface area contributed by atoms with Crippen LogP contribution in [-0.2, 0) is 17.8 Å². The number of halogens is 1. The molecule has 0 aliphatic carbocycles. The maximum atomic E-state index is 12.5. The predicted octanol–water partition coefficient (Wildman–Crippen LogP) is 5.25. The number of para-hydroxylation sites is 1. The highest BCUT2D eigenvalue weighted by atomic mass is 35.5. The molecule has 0 spiro atoms. The molecule has 4 aromatic rings. The minimum atomic E-state index is -0.00415. The molecule has 31 heavy (non-hydrogen) atoms. The first-order chi connectivity index (χ1) is 15.0. The maximum Gasteiger partial charge on any atom is 0.220 e. The van der Waals surface area contributed by atoms with Gasteiger partial charge in [0.2, 0.25) is 5.91 Å². The quantitative estimate of drug-likeness (QED) is 0.452. The molecular weight excluding hydrogens is 408 g/mol. The van der Waals surface area contributed by atoms with Gasteiger partial charge in [-0.05, 0) is 62.1 Å². The molecule has 0 fully saturated rings. The van der Waals surface area contributed by atoms with Crippen LogP contribution in [0.3, 0.4) is 0 Å². The van der Waals surface area contributed by atoms with Crippen molar-refractivity contribution in [3.05, 3.63) is 87.7 Å². The van der Waals surface area contributed by atoms with E-state index in [0.717, 1.165) is 44.8 Å². The highest BCUT2D eigenvalue weighted by Crippen LogP contribution is 2.28. The average Bonchev–Trinajstić information content (AvgIpc) is 3.09. The van der Waals surface area contributed by atoms with Gasteiger partial charge in [-0.15, -0.1) is 0 Å². The van der Waals surface area contributed by atoms with Crippen LogP contribution in [0.1, 0.15) is 34.5 Å². The Kier molecular flexibility index (Phi) is 6.05. The number of carbonyl (C=O) groups excluding carboxylic acids is 1. The second kappa shape index (κ2) is 8.90. The van der Waals surface area contributed by atoms with Crippen LogP contribution in [0.5, 0.6) is 0 Å². The van der Waals surface area contributed by atoms with Gasteiger partial charge in [0.05, 0.1) is 11.4 Å². The first kappa shape index (κ1) is 21.1. The largest absolute Gasteiger partial charge is 0.352 e. The molecular formula is C25H25ClN4O. The zero-order valence-electron chi connectivity index (χ0n) is 17.9. The van der Waals surface area contributed by atoms with Gasteiger partial charge < -0.3 is 5.32 Å². The number of fused-ring (bicyclic) bond motifs is 1. The van der Waals surface area contributed by atoms with E-state index in [1.807, 2.05) is 73.1 Å². The van der Waals surface area contributed by atoms with Crippen molar-refractivity contribution >= 4 is 28.5 Å². The predicted molar refractivity (Wildman–Crippen MR) is 125 cm³/mol. The van der Waals surface area contributed by atoms with Gasteiger partial charge in [0, 0.05) is 29.1 Å². The Morgan fingerprint density at radius 2 is 1.71 bits per heavy atom. The van der Waals surface area contributed by atoms with Crippen LogP contribution in [0.15, 0.2) is 54.6 Å². The van der Waals surface area contributed by atoms with Crippen LogP contribution in [0.25, 0.3) is 16.7 Å². The Hall–Kier alpha value is -3.18. The van der Waals surface area contributed by atoms with Crippen molar-refractivity contribution in [2.24, 2.45) is 0 Å². The molecule has 2 heterocycles. The molecule has 0 saturated carbocycles. The SMILES string of the molecule is Cc1nc2c(c(C)nn2-c2ccccc2)c(C)c1CCC(=O)NCc1ccccc1Cl. The average molecular weight is 433 g/mol. The van der Waals surface area contributed by atoms with Gasteiger partial charge in [0.25, 0.3) is 0 Å². The first-order valence-electron chi connectivity index (χ1n) is 10.4. The molecule has 0 atom stereocenters. The Balaban J connectivity index is 1.54. The third kappa shape index (κ3) is 4.32. The Morgan fingerprint density at radius 3 is 2.45 bits per heavy atom. The summed E-state index contributed by atoms with van der Waals surface area (Å²) in [6, 6.07) is 17.6. The van der Waals surface area contributed by atoms with E-state index in [-0.39, 0.29) is 5.91 Å². The number of hydrogen-bond donors (Lipinski definition) is 1. The van der Waals surface area contributed by atoms with E-state index in [1.165, 1.54) is 0 Å². The molecule has 0 bridgehead atoms. The fraction of sp³-hybridized carbons (Fsp3) is 0.240. The Labute approximate surface area is 187 Å². The van der Waals surface area contributed by atoms with Crippen molar-refractivity contribution in [3.8, 4) is 5.69 Å². The number of aryl methyl sites for hydroxylation is 3. The van der Waals surface area contributed by atoms with Gasteiger partial charge in [-0.3, -0.25) is 4.79 Å². The third-order valence-electron chi connectivity index (χ3n) is 5.61. The zero-order chi connectivity index (χ0) is 22.0. The van der Waals surface area contributed by atoms with Gasteiger partial charge in [0.15, 0.2) is 5.65 Å². The molecule has 1 N–H and O–H groups in total. The van der Waals surface area contributed by atoms with Gasteiger partial charge in [-0.2, -0.15) is 5.10 Å². The van der Waals surface area contributed by atoms with Gasteiger partial charge in [-0.25, -0.2) is 9.67 Å². The van der Waals surface area contributed by atoms with Crippen molar-refractivity contribution in [2.75, 3.05) is 0 Å². The molecule has 0 saturated heterocycles. The van der Waals surface area contributed by atoms with Crippen LogP contribution < -0.4 is 5.32 Å². The molecule has 158 valence electrons. The minimum Gasteiger partial charge on any atom is -0.352 e. The number of nitrogens with one attached hydrogen (secondary N) is 1. The maximum absolute atomic E-state index is 12.5. The summed E-state index contributed by atoms with van der Waals surface area (Å²) in [7, 11) is 0. The summed E-state index contributed by atoms with van der Waals surface area (Å²) in [4.78, 5) is 17.3. The lowest BCUT2D eigenvalue weighted by molar-refractivity contribution is -0.121. The Morgan fingerprint density at radius 1 is 1.00 bits per heavy atom. The number of aromatic nitrogens is 3. The summed E-state index contributed by atoms with van der Waals surface area (Å²) < 4.78 is 1.89. The molecule has 0 unspecified atom stereocenters. The number of pyridine rings is 1. The highest BCUT2D eigenvalue weighted by molar-refractivity contribution is 6.31. The van der Waals surface area contributed by atoms with Gasteiger partial charge >= 0.3 is 0 Å². The van der Waals surface area contributed by atoms with Crippen molar-refractivity contribution in [1.82, 2.24) is 20.1 Å². The Bertz CT molecular complexity index is 1250. The molecule has 4 rings (SSSR count). The molecule has 1 amide bonds. The van der Waals surface area contributed by atoms with E-state index in [1.54, 1.807) is 0 Å². The molecule has 6 heteroatoms. The number of rotatable bonds is 6. The second-order valence-electron chi connectivity index (χ2n) is 7.70. The summed E-state index contributed by atoms with van der Waals surface area (Å²) in [5.74, 6) is -0.00415. The number of amides is 1. The minimum absolute atomic E-state index is 0.00415. The lowest BCUT2D eigenvalue weighted by Crippen LogP contribution is -2.23. The second-order valence-corrected chi connectivity index (χ2v) is 8.11. The van der Waals surface area contributed by atoms with Crippen molar-refractivity contribution in [3.63, 3.8) is 0 Å². The van der Waals surface area contributed by atoms with E-state index < -0.39 is 0 Å². The van der Waals surface area contributed by atoms with E-state index >= 15 is 0 Å². The van der Waals surface area contributed by atoms with Crippen LogP contribution in [0.4, 0.5) is 0 Å². The summed E-state index contributed by atoms with van der Waals surface area (Å²) in [5, 5.41) is 9.41. The normalized spacial score (nSPS) is 11.1. The standard InChI is InChI=1S/C25H25ClN4O/c1-16-21(13-14-23(31)27-15-19-9-7-8-12-22(19)26)17(2)28-25-24(16)18(3)29-30(25)20-10-5-4-6-11-20/h4-12H,13-15H2,1-3H3,(H,27,31). The summed E-state index contributed by atoms with van der Waals surface area (Å²) in [6.45, 7) is 6.53. The molecule has 2 aromatic carbocycles. The molecule has 0 aliphatic rings. The van der Waals surface area contributed by atoms with Crippen molar-refractivity contribution in [1.29, 1.82) is 0 Å². The number of nitrogens with zero attached hydrogens (tertiary/aromatic N) is 3. The van der Waals surface area contributed by atoms with Crippen LogP contribution in [0, 0.1) is 20.8 Å². The molecule has 5 nitrogen and oxygen atoms in total. The van der Waals surface area contributed by atoms with E-state index in [0.29, 0.717) is 24.4 Å². The zero-order valence-corrected chi connectivity index (χ0v) is 18.7. The lowest BCUT2D eigenvalue weighted by Gasteiger charge is -2.12. The van der Waals surface area contributed by atoms with Gasteiger partial charge in [-0.1, -0.05) is 48.0 Å². The fourth-order valence-electron chi connectivity index (χ4n) is 3.99. The smallest absolute Gasteiger partial charge is 0.220 e. The number of carbonyl (C=O) groups is 1.